The first-order chi connectivity index (χ1) is 16.1. The first kappa shape index (κ1) is 22.2. The van der Waals surface area contributed by atoms with Crippen molar-refractivity contribution in [3.63, 3.8) is 0 Å². The summed E-state index contributed by atoms with van der Waals surface area (Å²) in [4.78, 5) is 16.0. The van der Waals surface area contributed by atoms with Crippen LogP contribution in [-0.4, -0.2) is 43.7 Å². The first-order valence-corrected chi connectivity index (χ1v) is 10.5. The highest BCUT2D eigenvalue weighted by molar-refractivity contribution is 5.67. The largest absolute Gasteiger partial charge is 0.445 e. The standard InChI is InChI=1S/C25H24N4O4/c30-22(15-27-25(32)33-17-18-7-3-1-4-8-18)24(31)21-16-29(20-9-5-2-6-10-20)28-23(21)19-11-13-26-14-12-19/h1-14,16,22,24,30-31H,15,17H2,(H,27,32). The number of aromatic nitrogens is 3. The van der Waals surface area contributed by atoms with Crippen LogP contribution in [0.2, 0.25) is 0 Å². The molecule has 8 nitrogen and oxygen atoms in total. The van der Waals surface area contributed by atoms with Crippen molar-refractivity contribution < 1.29 is 19.7 Å². The Balaban J connectivity index is 1.46. The molecular weight excluding hydrogens is 420 g/mol. The third-order valence-electron chi connectivity index (χ3n) is 5.07. The van der Waals surface area contributed by atoms with E-state index in [2.05, 4.69) is 15.4 Å². The number of benzene rings is 2. The Kier molecular flexibility index (Phi) is 7.09. The molecule has 0 aliphatic carbocycles. The predicted molar refractivity (Wildman–Crippen MR) is 122 cm³/mol. The molecule has 0 aliphatic rings. The number of hydrogen-bond donors (Lipinski definition) is 3. The van der Waals surface area contributed by atoms with Crippen LogP contribution in [0.15, 0.2) is 91.4 Å². The highest BCUT2D eigenvalue weighted by Gasteiger charge is 2.25. The van der Waals surface area contributed by atoms with Crippen molar-refractivity contribution in [3.8, 4) is 16.9 Å². The van der Waals surface area contributed by atoms with E-state index in [0.717, 1.165) is 16.8 Å². The molecule has 2 unspecified atom stereocenters. The zero-order valence-corrected chi connectivity index (χ0v) is 17.8. The van der Waals surface area contributed by atoms with Gasteiger partial charge in [0.05, 0.1) is 11.4 Å². The lowest BCUT2D eigenvalue weighted by Gasteiger charge is -2.18. The molecule has 0 saturated carbocycles. The van der Waals surface area contributed by atoms with Gasteiger partial charge in [-0.15, -0.1) is 0 Å². The number of carbonyl (C=O) groups excluding carboxylic acids is 1. The van der Waals surface area contributed by atoms with Crippen LogP contribution >= 0.6 is 0 Å². The van der Waals surface area contributed by atoms with Gasteiger partial charge in [0.1, 0.15) is 18.8 Å². The number of ether oxygens (including phenoxy) is 1. The number of aliphatic hydroxyl groups excluding tert-OH is 2. The molecule has 0 fully saturated rings. The Labute approximate surface area is 191 Å². The van der Waals surface area contributed by atoms with Crippen molar-refractivity contribution in [3.05, 3.63) is 103 Å². The molecule has 8 heteroatoms. The fourth-order valence-electron chi connectivity index (χ4n) is 3.33. The fourth-order valence-corrected chi connectivity index (χ4v) is 3.33. The Hall–Kier alpha value is -4.01. The maximum Gasteiger partial charge on any atom is 0.407 e. The minimum absolute atomic E-state index is 0.112. The van der Waals surface area contributed by atoms with Gasteiger partial charge in [0.25, 0.3) is 0 Å². The van der Waals surface area contributed by atoms with E-state index in [1.807, 2.05) is 60.7 Å². The number of pyridine rings is 1. The normalized spacial score (nSPS) is 12.7. The van der Waals surface area contributed by atoms with Crippen molar-refractivity contribution in [2.45, 2.75) is 18.8 Å². The van der Waals surface area contributed by atoms with E-state index >= 15 is 0 Å². The van der Waals surface area contributed by atoms with Crippen LogP contribution in [0, 0.1) is 0 Å². The molecule has 2 aromatic carbocycles. The zero-order valence-electron chi connectivity index (χ0n) is 17.8. The summed E-state index contributed by atoms with van der Waals surface area (Å²) < 4.78 is 6.79. The van der Waals surface area contributed by atoms with E-state index in [1.165, 1.54) is 0 Å². The van der Waals surface area contributed by atoms with Crippen LogP contribution < -0.4 is 5.32 Å². The third kappa shape index (κ3) is 5.62. The summed E-state index contributed by atoms with van der Waals surface area (Å²) in [6.45, 7) is -0.0809. The number of nitrogens with one attached hydrogen (secondary N) is 1. The summed E-state index contributed by atoms with van der Waals surface area (Å²) in [7, 11) is 0. The van der Waals surface area contributed by atoms with Crippen LogP contribution in [0.1, 0.15) is 17.2 Å². The van der Waals surface area contributed by atoms with Crippen LogP contribution in [0.4, 0.5) is 4.79 Å². The summed E-state index contributed by atoms with van der Waals surface area (Å²) >= 11 is 0. The SMILES string of the molecule is O=C(NCC(O)C(O)c1cn(-c2ccccc2)nc1-c1ccncc1)OCc1ccccc1. The highest BCUT2D eigenvalue weighted by Crippen LogP contribution is 2.29. The van der Waals surface area contributed by atoms with Crippen LogP contribution in [0.25, 0.3) is 16.9 Å². The Morgan fingerprint density at radius 3 is 2.33 bits per heavy atom. The molecule has 3 N–H and O–H groups in total. The summed E-state index contributed by atoms with van der Waals surface area (Å²) in [5, 5.41) is 28.6. The molecule has 168 valence electrons. The molecule has 2 heterocycles. The first-order valence-electron chi connectivity index (χ1n) is 10.5. The quantitative estimate of drug-likeness (QED) is 0.385. The van der Waals surface area contributed by atoms with Crippen LogP contribution in [-0.2, 0) is 11.3 Å². The van der Waals surface area contributed by atoms with E-state index in [1.54, 1.807) is 35.4 Å². The zero-order chi connectivity index (χ0) is 23.0. The van der Waals surface area contributed by atoms with Gasteiger partial charge in [-0.3, -0.25) is 4.98 Å². The summed E-state index contributed by atoms with van der Waals surface area (Å²) in [5.74, 6) is 0. The van der Waals surface area contributed by atoms with Crippen molar-refractivity contribution >= 4 is 6.09 Å². The van der Waals surface area contributed by atoms with Gasteiger partial charge in [0, 0.05) is 36.3 Å². The molecule has 4 rings (SSSR count). The van der Waals surface area contributed by atoms with Gasteiger partial charge in [-0.2, -0.15) is 5.10 Å². The van der Waals surface area contributed by atoms with Gasteiger partial charge in [-0.1, -0.05) is 48.5 Å². The van der Waals surface area contributed by atoms with Crippen molar-refractivity contribution in [1.82, 2.24) is 20.1 Å². The number of alkyl carbamates (subject to hydrolysis) is 1. The molecule has 0 radical (unpaired) electrons. The van der Waals surface area contributed by atoms with Gasteiger partial charge >= 0.3 is 6.09 Å². The second-order valence-electron chi connectivity index (χ2n) is 7.40. The Morgan fingerprint density at radius 1 is 0.970 bits per heavy atom. The molecule has 0 bridgehead atoms. The Bertz CT molecular complexity index is 1170. The number of hydrogen-bond acceptors (Lipinski definition) is 6. The molecule has 1 amide bonds. The smallest absolute Gasteiger partial charge is 0.407 e. The molecule has 33 heavy (non-hydrogen) atoms. The number of amides is 1. The monoisotopic (exact) mass is 444 g/mol. The fraction of sp³-hybridized carbons (Fsp3) is 0.160. The van der Waals surface area contributed by atoms with Crippen molar-refractivity contribution in [1.29, 1.82) is 0 Å². The minimum Gasteiger partial charge on any atom is -0.445 e. The molecule has 0 saturated heterocycles. The summed E-state index contributed by atoms with van der Waals surface area (Å²) in [6, 6.07) is 22.3. The van der Waals surface area contributed by atoms with E-state index in [9.17, 15) is 15.0 Å². The topological polar surface area (TPSA) is 110 Å². The second kappa shape index (κ2) is 10.5. The lowest BCUT2D eigenvalue weighted by molar-refractivity contribution is 0.0187. The maximum absolute atomic E-state index is 12.0. The molecule has 0 spiro atoms. The van der Waals surface area contributed by atoms with E-state index in [-0.39, 0.29) is 13.2 Å². The van der Waals surface area contributed by atoms with Gasteiger partial charge in [0.2, 0.25) is 0 Å². The summed E-state index contributed by atoms with van der Waals surface area (Å²) in [6.07, 6.45) is 1.69. The highest BCUT2D eigenvalue weighted by atomic mass is 16.5. The van der Waals surface area contributed by atoms with Gasteiger partial charge in [-0.25, -0.2) is 9.48 Å². The third-order valence-corrected chi connectivity index (χ3v) is 5.07. The molecular formula is C25H24N4O4. The Morgan fingerprint density at radius 2 is 1.64 bits per heavy atom. The van der Waals surface area contributed by atoms with E-state index in [4.69, 9.17) is 4.74 Å². The molecule has 2 atom stereocenters. The number of nitrogens with zero attached hydrogens (tertiary/aromatic N) is 3. The lowest BCUT2D eigenvalue weighted by Crippen LogP contribution is -2.35. The van der Waals surface area contributed by atoms with Crippen LogP contribution in [0.3, 0.4) is 0 Å². The molecule has 4 aromatic rings. The number of carbonyl (C=O) groups is 1. The van der Waals surface area contributed by atoms with Gasteiger partial charge in [0.15, 0.2) is 0 Å². The van der Waals surface area contributed by atoms with Gasteiger partial charge in [-0.05, 0) is 29.8 Å². The minimum atomic E-state index is -1.29. The number of rotatable bonds is 8. The second-order valence-corrected chi connectivity index (χ2v) is 7.40. The number of aliphatic hydroxyl groups is 2. The van der Waals surface area contributed by atoms with E-state index < -0.39 is 18.3 Å². The molecule has 0 aliphatic heterocycles. The van der Waals surface area contributed by atoms with Gasteiger partial charge < -0.3 is 20.3 Å². The van der Waals surface area contributed by atoms with Crippen LogP contribution in [0.5, 0.6) is 0 Å². The maximum atomic E-state index is 12.0. The lowest BCUT2D eigenvalue weighted by atomic mass is 10.0. The van der Waals surface area contributed by atoms with Crippen molar-refractivity contribution in [2.75, 3.05) is 6.54 Å². The average molecular weight is 444 g/mol. The summed E-state index contributed by atoms with van der Waals surface area (Å²) in [5.41, 5.74) is 3.35. The van der Waals surface area contributed by atoms with E-state index in [0.29, 0.717) is 11.3 Å². The average Bonchev–Trinajstić information content (AvgIpc) is 3.33. The van der Waals surface area contributed by atoms with Crippen molar-refractivity contribution in [2.24, 2.45) is 0 Å². The number of para-hydroxylation sites is 1. The molecule has 2 aromatic heterocycles. The predicted octanol–water partition coefficient (Wildman–Crippen LogP) is 3.26.